The van der Waals surface area contributed by atoms with Crippen molar-refractivity contribution in [1.82, 2.24) is 24.9 Å². The molecule has 13 heteroatoms. The van der Waals surface area contributed by atoms with Gasteiger partial charge in [-0.1, -0.05) is 0 Å². The van der Waals surface area contributed by atoms with Gasteiger partial charge in [-0.05, 0) is 54.8 Å². The molecule has 1 unspecified atom stereocenters. The van der Waals surface area contributed by atoms with Crippen LogP contribution in [0.2, 0.25) is 0 Å². The lowest BCUT2D eigenvalue weighted by atomic mass is 10.0. The Bertz CT molecular complexity index is 1630. The predicted molar refractivity (Wildman–Crippen MR) is 140 cm³/mol. The molecule has 2 saturated heterocycles. The molecule has 3 amide bonds. The van der Waals surface area contributed by atoms with Gasteiger partial charge in [0.25, 0.3) is 5.91 Å². The first-order valence-corrected chi connectivity index (χ1v) is 13.4. The Morgan fingerprint density at radius 2 is 1.95 bits per heavy atom. The van der Waals surface area contributed by atoms with Crippen LogP contribution in [0, 0.1) is 11.3 Å². The second kappa shape index (κ2) is 10.6. The number of alkyl halides is 3. The van der Waals surface area contributed by atoms with E-state index in [1.54, 1.807) is 30.6 Å². The molecule has 0 spiro atoms. The number of piperidine rings is 1. The molecule has 0 saturated carbocycles. The molecule has 3 aromatic rings. The van der Waals surface area contributed by atoms with Crippen molar-refractivity contribution in [2.75, 3.05) is 13.1 Å². The summed E-state index contributed by atoms with van der Waals surface area (Å²) in [6.45, 7) is 2.24. The summed E-state index contributed by atoms with van der Waals surface area (Å²) in [4.78, 5) is 40.4. The largest absolute Gasteiger partial charge is 0.489 e. The third kappa shape index (κ3) is 5.33. The van der Waals surface area contributed by atoms with Gasteiger partial charge >= 0.3 is 6.18 Å². The number of imide groups is 1. The maximum Gasteiger partial charge on any atom is 0.417 e. The molecule has 216 valence electrons. The number of benzene rings is 2. The summed E-state index contributed by atoms with van der Waals surface area (Å²) in [6.07, 6.45) is -0.0589. The Hall–Kier alpha value is -4.70. The summed E-state index contributed by atoms with van der Waals surface area (Å²) in [7, 11) is 0. The molecular formula is C29H25F3N6O4. The van der Waals surface area contributed by atoms with E-state index in [2.05, 4.69) is 15.3 Å². The molecule has 0 aliphatic carbocycles. The quantitative estimate of drug-likeness (QED) is 0.446. The molecular weight excluding hydrogens is 553 g/mol. The normalized spacial score (nSPS) is 20.9. The van der Waals surface area contributed by atoms with Crippen LogP contribution in [-0.2, 0) is 28.9 Å². The molecule has 10 nitrogen and oxygen atoms in total. The summed E-state index contributed by atoms with van der Waals surface area (Å²) in [5, 5.41) is 15.7. The standard InChI is InChI=1S/C29H25F3N6O4/c30-29(31,32)24-4-1-20(9-18(24)11-33)38-14-17(12-34-38)13-36-8-7-22(16-36)42-21-2-3-23-19(10-21)15-37(28(23)41)25-5-6-26(39)35-27(25)40/h1-4,9-10,12,14,22,25H,5-8,13,15-16H2,(H,35,39,40)/t22-,25?/m0/s1. The highest BCUT2D eigenvalue weighted by Gasteiger charge is 2.39. The molecule has 3 aliphatic rings. The number of carbonyl (C=O) groups is 3. The highest BCUT2D eigenvalue weighted by atomic mass is 19.4. The second-order valence-electron chi connectivity index (χ2n) is 10.6. The lowest BCUT2D eigenvalue weighted by Crippen LogP contribution is -2.52. The van der Waals surface area contributed by atoms with Gasteiger partial charge in [0, 0.05) is 49.9 Å². The van der Waals surface area contributed by atoms with Crippen LogP contribution in [0.5, 0.6) is 5.75 Å². The fraction of sp³-hybridized carbons (Fsp3) is 0.345. The first kappa shape index (κ1) is 27.5. The van der Waals surface area contributed by atoms with Crippen LogP contribution in [0.3, 0.4) is 0 Å². The molecule has 1 N–H and O–H groups in total. The number of ether oxygens (including phenoxy) is 1. The van der Waals surface area contributed by atoms with Gasteiger partial charge in [0.15, 0.2) is 0 Å². The van der Waals surface area contributed by atoms with Gasteiger partial charge in [-0.2, -0.15) is 23.5 Å². The van der Waals surface area contributed by atoms with E-state index in [4.69, 9.17) is 4.74 Å². The van der Waals surface area contributed by atoms with Crippen LogP contribution in [-0.4, -0.2) is 62.5 Å². The van der Waals surface area contributed by atoms with Crippen LogP contribution < -0.4 is 10.1 Å². The number of fused-ring (bicyclic) bond motifs is 1. The van der Waals surface area contributed by atoms with Crippen LogP contribution in [0.4, 0.5) is 13.2 Å². The van der Waals surface area contributed by atoms with Crippen molar-refractivity contribution >= 4 is 17.7 Å². The number of halogens is 3. The second-order valence-corrected chi connectivity index (χ2v) is 10.6. The first-order valence-electron chi connectivity index (χ1n) is 13.4. The maximum atomic E-state index is 13.1. The average molecular weight is 579 g/mol. The average Bonchev–Trinajstić information content (AvgIpc) is 3.68. The van der Waals surface area contributed by atoms with E-state index >= 15 is 0 Å². The summed E-state index contributed by atoms with van der Waals surface area (Å²) in [6, 6.07) is 9.56. The highest BCUT2D eigenvalue weighted by molar-refractivity contribution is 6.05. The zero-order valence-electron chi connectivity index (χ0n) is 22.2. The van der Waals surface area contributed by atoms with E-state index in [0.29, 0.717) is 36.5 Å². The van der Waals surface area contributed by atoms with Gasteiger partial charge in [0.1, 0.15) is 17.9 Å². The SMILES string of the molecule is N#Cc1cc(-n2cc(CN3CC[C@H](Oc4ccc5c(c4)CN(C4CCC(=O)NC4=O)C5=O)C3)cn2)ccc1C(F)(F)F. The number of hydrogen-bond acceptors (Lipinski definition) is 7. The van der Waals surface area contributed by atoms with Gasteiger partial charge in [-0.3, -0.25) is 24.6 Å². The Kier molecular flexibility index (Phi) is 6.94. The van der Waals surface area contributed by atoms with E-state index in [1.807, 2.05) is 6.07 Å². The monoisotopic (exact) mass is 578 g/mol. The van der Waals surface area contributed by atoms with Crippen molar-refractivity contribution in [3.8, 4) is 17.5 Å². The fourth-order valence-electron chi connectivity index (χ4n) is 5.71. The number of hydrogen-bond donors (Lipinski definition) is 1. The lowest BCUT2D eigenvalue weighted by molar-refractivity contribution is -0.138. The number of rotatable bonds is 6. The molecule has 2 fully saturated rings. The third-order valence-corrected chi connectivity index (χ3v) is 7.76. The van der Waals surface area contributed by atoms with Crippen molar-refractivity contribution in [3.05, 3.63) is 76.6 Å². The number of carbonyl (C=O) groups excluding carboxylic acids is 3. The Labute approximate surface area is 238 Å². The summed E-state index contributed by atoms with van der Waals surface area (Å²) in [5.41, 5.74) is 1.07. The van der Waals surface area contributed by atoms with Crippen molar-refractivity contribution in [2.45, 2.75) is 50.7 Å². The number of likely N-dealkylation sites (tertiary alicyclic amines) is 1. The minimum atomic E-state index is -4.61. The van der Waals surface area contributed by atoms with E-state index in [9.17, 15) is 32.8 Å². The molecule has 2 atom stereocenters. The molecule has 0 bridgehead atoms. The van der Waals surface area contributed by atoms with Gasteiger partial charge < -0.3 is 9.64 Å². The van der Waals surface area contributed by atoms with Gasteiger partial charge in [0.05, 0.1) is 29.1 Å². The van der Waals surface area contributed by atoms with Crippen molar-refractivity contribution < 1.29 is 32.3 Å². The number of amides is 3. The van der Waals surface area contributed by atoms with E-state index in [0.717, 1.165) is 30.2 Å². The zero-order valence-corrected chi connectivity index (χ0v) is 22.2. The summed E-state index contributed by atoms with van der Waals surface area (Å²) in [5.74, 6) is -0.392. The minimum absolute atomic E-state index is 0.0884. The van der Waals surface area contributed by atoms with E-state index < -0.39 is 29.3 Å². The minimum Gasteiger partial charge on any atom is -0.489 e. The molecule has 6 rings (SSSR count). The fourth-order valence-corrected chi connectivity index (χ4v) is 5.71. The Balaban J connectivity index is 1.06. The number of nitrogens with one attached hydrogen (secondary N) is 1. The number of nitriles is 1. The molecule has 0 radical (unpaired) electrons. The van der Waals surface area contributed by atoms with Crippen LogP contribution >= 0.6 is 0 Å². The van der Waals surface area contributed by atoms with Crippen molar-refractivity contribution in [1.29, 1.82) is 5.26 Å². The molecule has 1 aromatic heterocycles. The zero-order chi connectivity index (χ0) is 29.6. The Morgan fingerprint density at radius 1 is 1.12 bits per heavy atom. The molecule has 2 aromatic carbocycles. The topological polar surface area (TPSA) is 121 Å². The summed E-state index contributed by atoms with van der Waals surface area (Å²) < 4.78 is 47.0. The van der Waals surface area contributed by atoms with Crippen molar-refractivity contribution in [3.63, 3.8) is 0 Å². The van der Waals surface area contributed by atoms with E-state index in [1.165, 1.54) is 21.7 Å². The highest BCUT2D eigenvalue weighted by Crippen LogP contribution is 2.33. The van der Waals surface area contributed by atoms with Crippen LogP contribution in [0.1, 0.15) is 51.9 Å². The molecule has 3 aliphatic heterocycles. The Morgan fingerprint density at radius 3 is 2.71 bits per heavy atom. The maximum absolute atomic E-state index is 13.1. The first-order chi connectivity index (χ1) is 20.1. The number of aromatic nitrogens is 2. The summed E-state index contributed by atoms with van der Waals surface area (Å²) >= 11 is 0. The smallest absolute Gasteiger partial charge is 0.417 e. The van der Waals surface area contributed by atoms with E-state index in [-0.39, 0.29) is 30.9 Å². The van der Waals surface area contributed by atoms with Crippen molar-refractivity contribution in [2.24, 2.45) is 0 Å². The molecule has 42 heavy (non-hydrogen) atoms. The van der Waals surface area contributed by atoms with Gasteiger partial charge in [0.2, 0.25) is 11.8 Å². The lowest BCUT2D eigenvalue weighted by Gasteiger charge is -2.29. The van der Waals surface area contributed by atoms with Gasteiger partial charge in [-0.25, -0.2) is 4.68 Å². The third-order valence-electron chi connectivity index (χ3n) is 7.76. The van der Waals surface area contributed by atoms with Gasteiger partial charge in [-0.15, -0.1) is 0 Å². The van der Waals surface area contributed by atoms with Crippen LogP contribution in [0.15, 0.2) is 48.8 Å². The predicted octanol–water partition coefficient (Wildman–Crippen LogP) is 3.18. The van der Waals surface area contributed by atoms with Crippen LogP contribution in [0.25, 0.3) is 5.69 Å². The number of nitrogens with zero attached hydrogens (tertiary/aromatic N) is 5. The molecule has 4 heterocycles.